The number of unbranched alkanes of at least 4 members (excludes halogenated alkanes) is 1. The van der Waals surface area contributed by atoms with Crippen molar-refractivity contribution >= 4 is 33.6 Å². The highest BCUT2D eigenvalue weighted by Gasteiger charge is 2.13. The second kappa shape index (κ2) is 9.42. The van der Waals surface area contributed by atoms with Crippen molar-refractivity contribution in [2.45, 2.75) is 29.9 Å². The summed E-state index contributed by atoms with van der Waals surface area (Å²) >= 11 is 5.00. The van der Waals surface area contributed by atoms with Gasteiger partial charge >= 0.3 is 0 Å². The lowest BCUT2D eigenvalue weighted by atomic mass is 10.3. The van der Waals surface area contributed by atoms with E-state index >= 15 is 0 Å². The Kier molecular flexibility index (Phi) is 8.26. The van der Waals surface area contributed by atoms with Gasteiger partial charge in [-0.05, 0) is 64.7 Å². The van der Waals surface area contributed by atoms with Gasteiger partial charge in [0.25, 0.3) is 0 Å². The minimum absolute atomic E-state index is 0.0648. The smallest absolute Gasteiger partial charge is 0.233 e. The van der Waals surface area contributed by atoms with E-state index in [-0.39, 0.29) is 11.2 Å². The van der Waals surface area contributed by atoms with Crippen LogP contribution in [0.2, 0.25) is 0 Å². The molecule has 0 bridgehead atoms. The van der Waals surface area contributed by atoms with Gasteiger partial charge in [0.2, 0.25) is 5.91 Å². The van der Waals surface area contributed by atoms with E-state index < -0.39 is 0 Å². The first-order valence-corrected chi connectivity index (χ1v) is 8.51. The highest BCUT2D eigenvalue weighted by atomic mass is 79.9. The van der Waals surface area contributed by atoms with Crippen LogP contribution in [0.4, 0.5) is 0 Å². The molecular weight excluding hydrogens is 336 g/mol. The maximum atomic E-state index is 12.0. The van der Waals surface area contributed by atoms with Crippen molar-refractivity contribution < 1.29 is 4.79 Å². The summed E-state index contributed by atoms with van der Waals surface area (Å²) in [5.41, 5.74) is 0. The van der Waals surface area contributed by atoms with Gasteiger partial charge < -0.3 is 10.2 Å². The van der Waals surface area contributed by atoms with Gasteiger partial charge in [0.1, 0.15) is 0 Å². The number of benzene rings is 1. The van der Waals surface area contributed by atoms with Gasteiger partial charge in [-0.25, -0.2) is 0 Å². The molecule has 0 saturated heterocycles. The van der Waals surface area contributed by atoms with Crippen molar-refractivity contribution in [2.24, 2.45) is 0 Å². The number of carbonyl (C=O) groups excluding carboxylic acids is 1. The predicted octanol–water partition coefficient (Wildman–Crippen LogP) is 3.39. The van der Waals surface area contributed by atoms with E-state index in [0.717, 1.165) is 35.3 Å². The first-order valence-electron chi connectivity index (χ1n) is 6.83. The molecule has 1 N–H and O–H groups in total. The molecule has 3 nitrogen and oxygen atoms in total. The standard InChI is InChI=1S/C15H23BrN2OS/c1-12(20-14-8-6-13(16)7-9-14)15(19)17-10-4-5-11-18(2)3/h6-9,12H,4-5,10-11H2,1-3H3,(H,17,19). The minimum atomic E-state index is -0.0648. The van der Waals surface area contributed by atoms with Crippen LogP contribution < -0.4 is 5.32 Å². The highest BCUT2D eigenvalue weighted by molar-refractivity contribution is 9.10. The number of nitrogens with one attached hydrogen (secondary N) is 1. The van der Waals surface area contributed by atoms with Crippen LogP contribution in [0, 0.1) is 0 Å². The van der Waals surface area contributed by atoms with Gasteiger partial charge in [-0.15, -0.1) is 11.8 Å². The van der Waals surface area contributed by atoms with E-state index in [2.05, 4.69) is 40.2 Å². The summed E-state index contributed by atoms with van der Waals surface area (Å²) in [7, 11) is 4.13. The van der Waals surface area contributed by atoms with Crippen LogP contribution in [0.1, 0.15) is 19.8 Å². The Labute approximate surface area is 134 Å². The highest BCUT2D eigenvalue weighted by Crippen LogP contribution is 2.24. The quantitative estimate of drug-likeness (QED) is 0.570. The fourth-order valence-electron chi connectivity index (χ4n) is 1.68. The Hall–Kier alpha value is -0.520. The summed E-state index contributed by atoms with van der Waals surface area (Å²) in [5, 5.41) is 2.94. The lowest BCUT2D eigenvalue weighted by Crippen LogP contribution is -2.31. The van der Waals surface area contributed by atoms with Crippen molar-refractivity contribution in [3.8, 4) is 0 Å². The number of hydrogen-bond donors (Lipinski definition) is 1. The van der Waals surface area contributed by atoms with Crippen LogP contribution >= 0.6 is 27.7 Å². The fourth-order valence-corrected chi connectivity index (χ4v) is 2.84. The van der Waals surface area contributed by atoms with E-state index in [9.17, 15) is 4.79 Å². The van der Waals surface area contributed by atoms with E-state index in [1.807, 2.05) is 31.2 Å². The number of halogens is 1. The third-order valence-corrected chi connectivity index (χ3v) is 4.47. The first kappa shape index (κ1) is 17.5. The molecule has 1 unspecified atom stereocenters. The van der Waals surface area contributed by atoms with Gasteiger partial charge in [-0.3, -0.25) is 4.79 Å². The monoisotopic (exact) mass is 358 g/mol. The second-order valence-corrected chi connectivity index (χ2v) is 7.35. The SMILES string of the molecule is CC(Sc1ccc(Br)cc1)C(=O)NCCCCN(C)C. The summed E-state index contributed by atoms with van der Waals surface area (Å²) in [6.45, 7) is 3.78. The van der Waals surface area contributed by atoms with Crippen LogP contribution in [0.25, 0.3) is 0 Å². The molecule has 1 atom stereocenters. The fraction of sp³-hybridized carbons (Fsp3) is 0.533. The number of thioether (sulfide) groups is 1. The second-order valence-electron chi connectivity index (χ2n) is 5.02. The first-order chi connectivity index (χ1) is 9.49. The zero-order chi connectivity index (χ0) is 15.0. The molecule has 112 valence electrons. The van der Waals surface area contributed by atoms with Crippen LogP contribution in [-0.4, -0.2) is 43.2 Å². The summed E-state index contributed by atoms with van der Waals surface area (Å²) < 4.78 is 1.06. The topological polar surface area (TPSA) is 32.3 Å². The van der Waals surface area contributed by atoms with Crippen molar-refractivity contribution in [3.63, 3.8) is 0 Å². The number of rotatable bonds is 8. The molecule has 1 amide bonds. The Morgan fingerprint density at radius 1 is 1.30 bits per heavy atom. The molecule has 0 aliphatic heterocycles. The molecule has 0 aromatic heterocycles. The zero-order valence-corrected chi connectivity index (χ0v) is 14.8. The third-order valence-electron chi connectivity index (χ3n) is 2.83. The lowest BCUT2D eigenvalue weighted by molar-refractivity contribution is -0.120. The summed E-state index contributed by atoms with van der Waals surface area (Å²) in [6, 6.07) is 8.04. The Morgan fingerprint density at radius 2 is 1.95 bits per heavy atom. The molecular formula is C15H23BrN2OS. The van der Waals surface area contributed by atoms with Crippen LogP contribution in [0.5, 0.6) is 0 Å². The van der Waals surface area contributed by atoms with E-state index in [4.69, 9.17) is 0 Å². The molecule has 0 heterocycles. The molecule has 5 heteroatoms. The van der Waals surface area contributed by atoms with E-state index in [1.165, 1.54) is 0 Å². The average molecular weight is 359 g/mol. The molecule has 0 aliphatic carbocycles. The number of nitrogens with zero attached hydrogens (tertiary/aromatic N) is 1. The number of carbonyl (C=O) groups is 1. The number of hydrogen-bond acceptors (Lipinski definition) is 3. The van der Waals surface area contributed by atoms with E-state index in [0.29, 0.717) is 0 Å². The maximum Gasteiger partial charge on any atom is 0.233 e. The molecule has 20 heavy (non-hydrogen) atoms. The molecule has 0 radical (unpaired) electrons. The van der Waals surface area contributed by atoms with E-state index in [1.54, 1.807) is 11.8 Å². The normalized spacial score (nSPS) is 12.4. The summed E-state index contributed by atoms with van der Waals surface area (Å²) in [6.07, 6.45) is 2.14. The van der Waals surface area contributed by atoms with Crippen molar-refractivity contribution in [3.05, 3.63) is 28.7 Å². The summed E-state index contributed by atoms with van der Waals surface area (Å²) in [4.78, 5) is 15.2. The van der Waals surface area contributed by atoms with Gasteiger partial charge in [-0.2, -0.15) is 0 Å². The Morgan fingerprint density at radius 3 is 2.55 bits per heavy atom. The molecule has 1 aromatic rings. The molecule has 1 rings (SSSR count). The van der Waals surface area contributed by atoms with Crippen LogP contribution in [0.3, 0.4) is 0 Å². The van der Waals surface area contributed by atoms with Crippen molar-refractivity contribution in [1.82, 2.24) is 10.2 Å². The van der Waals surface area contributed by atoms with Gasteiger partial charge in [-0.1, -0.05) is 15.9 Å². The van der Waals surface area contributed by atoms with Crippen molar-refractivity contribution in [2.75, 3.05) is 27.2 Å². The molecule has 0 fully saturated rings. The maximum absolute atomic E-state index is 12.0. The zero-order valence-electron chi connectivity index (χ0n) is 12.4. The average Bonchev–Trinajstić information content (AvgIpc) is 2.40. The molecule has 1 aromatic carbocycles. The summed E-state index contributed by atoms with van der Waals surface area (Å²) in [5.74, 6) is 0.114. The lowest BCUT2D eigenvalue weighted by Gasteiger charge is -2.13. The number of amides is 1. The Bertz CT molecular complexity index is 409. The molecule has 0 saturated carbocycles. The molecule has 0 aliphatic rings. The largest absolute Gasteiger partial charge is 0.355 e. The molecule has 0 spiro atoms. The van der Waals surface area contributed by atoms with Gasteiger partial charge in [0, 0.05) is 15.9 Å². The minimum Gasteiger partial charge on any atom is -0.355 e. The Balaban J connectivity index is 2.23. The van der Waals surface area contributed by atoms with Crippen LogP contribution in [0.15, 0.2) is 33.6 Å². The van der Waals surface area contributed by atoms with Gasteiger partial charge in [0.05, 0.1) is 5.25 Å². The van der Waals surface area contributed by atoms with Crippen molar-refractivity contribution in [1.29, 1.82) is 0 Å². The third kappa shape index (κ3) is 7.31. The van der Waals surface area contributed by atoms with Crippen LogP contribution in [-0.2, 0) is 4.79 Å². The van der Waals surface area contributed by atoms with Gasteiger partial charge in [0.15, 0.2) is 0 Å². The predicted molar refractivity (Wildman–Crippen MR) is 90.3 cm³/mol.